The molecule has 0 saturated carbocycles. The van der Waals surface area contributed by atoms with Crippen LogP contribution in [0.2, 0.25) is 0 Å². The van der Waals surface area contributed by atoms with Crippen LogP contribution < -0.4 is 16.4 Å². The number of nitrogens with one attached hydrogen (secondary N) is 1. The van der Waals surface area contributed by atoms with E-state index in [9.17, 15) is 9.18 Å². The van der Waals surface area contributed by atoms with E-state index >= 15 is 0 Å². The van der Waals surface area contributed by atoms with Crippen LogP contribution in [-0.2, 0) is 6.54 Å². The van der Waals surface area contributed by atoms with Gasteiger partial charge in [-0.25, -0.2) is 14.2 Å². The van der Waals surface area contributed by atoms with Crippen LogP contribution in [0.4, 0.5) is 10.3 Å². The van der Waals surface area contributed by atoms with Gasteiger partial charge in [-0.2, -0.15) is 14.9 Å². The van der Waals surface area contributed by atoms with E-state index in [0.717, 1.165) is 11.8 Å². The molecule has 4 aromatic heterocycles. The lowest BCUT2D eigenvalue weighted by atomic mass is 10.0. The van der Waals surface area contributed by atoms with Crippen LogP contribution in [0.5, 0.6) is 0 Å². The van der Waals surface area contributed by atoms with Gasteiger partial charge in [0.15, 0.2) is 0 Å². The molecule has 9 nitrogen and oxygen atoms in total. The van der Waals surface area contributed by atoms with Crippen LogP contribution in [0.1, 0.15) is 5.69 Å². The Balaban J connectivity index is 1.78. The molecular weight excluding hydrogens is 399 g/mol. The number of halogens is 1. The highest BCUT2D eigenvalue weighted by Crippen LogP contribution is 2.31. The number of pyridine rings is 1. The predicted molar refractivity (Wildman–Crippen MR) is 110 cm³/mol. The fourth-order valence-electron chi connectivity index (χ4n) is 3.43. The minimum atomic E-state index is -0.454. The second-order valence-corrected chi connectivity index (χ2v) is 6.82. The maximum absolute atomic E-state index is 13.2. The molecule has 5 rings (SSSR count). The quantitative estimate of drug-likeness (QED) is 0.476. The van der Waals surface area contributed by atoms with Gasteiger partial charge in [0.1, 0.15) is 11.5 Å². The zero-order chi connectivity index (χ0) is 21.4. The van der Waals surface area contributed by atoms with E-state index < -0.39 is 11.5 Å². The Morgan fingerprint density at radius 1 is 1.00 bits per heavy atom. The van der Waals surface area contributed by atoms with Crippen molar-refractivity contribution in [3.05, 3.63) is 89.1 Å². The van der Waals surface area contributed by atoms with Crippen LogP contribution in [0.25, 0.3) is 28.0 Å². The molecule has 4 heterocycles. The van der Waals surface area contributed by atoms with E-state index in [-0.39, 0.29) is 12.5 Å². The SMILES string of the molecule is Nc1[nH+]c(-c2ccccc2)c(-c2ccnnc2)c2nn(Cc3ccc(F)cn3)c(=O)n12. The molecule has 10 heteroatoms. The third-order valence-corrected chi connectivity index (χ3v) is 4.84. The highest BCUT2D eigenvalue weighted by molar-refractivity contribution is 5.88. The Kier molecular flexibility index (Phi) is 4.43. The number of nitrogen functional groups attached to an aromatic ring is 1. The predicted octanol–water partition coefficient (Wildman–Crippen LogP) is 1.60. The number of rotatable bonds is 4. The molecule has 152 valence electrons. The normalized spacial score (nSPS) is 11.1. The molecule has 0 amide bonds. The number of aromatic nitrogens is 7. The smallest absolute Gasteiger partial charge is 0.290 e. The number of hydrogen-bond acceptors (Lipinski definition) is 6. The summed E-state index contributed by atoms with van der Waals surface area (Å²) in [6, 6.07) is 14.1. The van der Waals surface area contributed by atoms with Crippen molar-refractivity contribution < 1.29 is 9.37 Å². The number of aromatic amines is 1. The molecule has 0 aliphatic rings. The van der Waals surface area contributed by atoms with Crippen molar-refractivity contribution in [2.45, 2.75) is 6.54 Å². The standard InChI is InChI=1S/C21H15FN8O/c22-15-6-7-16(24-11-15)12-29-21(31)30-19(28-29)17(14-8-9-25-26-10-14)18(27-20(30)23)13-4-2-1-3-5-13/h1-11H,12H2,(H2,23,27)/p+1. The molecular formula is C21H16FN8O+. The lowest BCUT2D eigenvalue weighted by Gasteiger charge is -2.08. The first kappa shape index (κ1) is 18.6. The van der Waals surface area contributed by atoms with Crippen LogP contribution in [0.15, 0.2) is 71.9 Å². The minimum absolute atomic E-state index is 0.0644. The molecule has 0 radical (unpaired) electrons. The molecule has 0 spiro atoms. The molecule has 0 unspecified atom stereocenters. The highest BCUT2D eigenvalue weighted by Gasteiger charge is 2.25. The van der Waals surface area contributed by atoms with Gasteiger partial charge >= 0.3 is 11.6 Å². The Morgan fingerprint density at radius 2 is 1.84 bits per heavy atom. The van der Waals surface area contributed by atoms with Gasteiger partial charge in [-0.15, -0.1) is 9.50 Å². The van der Waals surface area contributed by atoms with E-state index in [1.165, 1.54) is 21.2 Å². The Hall–Kier alpha value is -4.47. The number of H-pyrrole nitrogens is 1. The summed E-state index contributed by atoms with van der Waals surface area (Å²) in [6.45, 7) is 0.0644. The molecule has 0 saturated heterocycles. The Morgan fingerprint density at radius 3 is 2.55 bits per heavy atom. The molecule has 5 aromatic rings. The van der Waals surface area contributed by atoms with Gasteiger partial charge in [-0.3, -0.25) is 10.7 Å². The first-order chi connectivity index (χ1) is 15.1. The fourth-order valence-corrected chi connectivity index (χ4v) is 3.43. The molecule has 0 atom stereocenters. The molecule has 3 N–H and O–H groups in total. The summed E-state index contributed by atoms with van der Waals surface area (Å²) in [7, 11) is 0. The van der Waals surface area contributed by atoms with Crippen LogP contribution in [0.3, 0.4) is 0 Å². The van der Waals surface area contributed by atoms with Crippen molar-refractivity contribution in [1.29, 1.82) is 0 Å². The molecule has 31 heavy (non-hydrogen) atoms. The lowest BCUT2D eigenvalue weighted by molar-refractivity contribution is -0.351. The van der Waals surface area contributed by atoms with E-state index in [1.54, 1.807) is 18.5 Å². The summed E-state index contributed by atoms with van der Waals surface area (Å²) in [5, 5.41) is 12.3. The van der Waals surface area contributed by atoms with Crippen LogP contribution in [0, 0.1) is 5.82 Å². The van der Waals surface area contributed by atoms with E-state index in [2.05, 4.69) is 25.3 Å². The van der Waals surface area contributed by atoms with Crippen LogP contribution in [-0.4, -0.2) is 29.4 Å². The highest BCUT2D eigenvalue weighted by atomic mass is 19.1. The monoisotopic (exact) mass is 415 g/mol. The number of nitrogens with zero attached hydrogens (tertiary/aromatic N) is 6. The number of nitrogens with two attached hydrogens (primary N) is 1. The molecule has 0 bridgehead atoms. The number of fused-ring (bicyclic) bond motifs is 1. The zero-order valence-corrected chi connectivity index (χ0v) is 16.1. The maximum atomic E-state index is 13.2. The molecule has 0 aliphatic heterocycles. The van der Waals surface area contributed by atoms with E-state index in [0.29, 0.717) is 28.2 Å². The van der Waals surface area contributed by atoms with Crippen molar-refractivity contribution in [2.24, 2.45) is 0 Å². The summed E-state index contributed by atoms with van der Waals surface area (Å²) in [6.07, 6.45) is 4.26. The van der Waals surface area contributed by atoms with Crippen molar-refractivity contribution in [2.75, 3.05) is 5.73 Å². The Bertz CT molecular complexity index is 1430. The largest absolute Gasteiger partial charge is 0.411 e. The molecule has 0 fully saturated rings. The third-order valence-electron chi connectivity index (χ3n) is 4.84. The summed E-state index contributed by atoms with van der Waals surface area (Å²) in [5.74, 6) is -0.326. The van der Waals surface area contributed by atoms with Gasteiger partial charge < -0.3 is 0 Å². The fraction of sp³-hybridized carbons (Fsp3) is 0.0476. The van der Waals surface area contributed by atoms with Gasteiger partial charge in [0.25, 0.3) is 0 Å². The van der Waals surface area contributed by atoms with Crippen LogP contribution >= 0.6 is 0 Å². The number of anilines is 1. The minimum Gasteiger partial charge on any atom is -0.290 e. The summed E-state index contributed by atoms with van der Waals surface area (Å²) < 4.78 is 15.7. The van der Waals surface area contributed by atoms with Gasteiger partial charge in [-0.05, 0) is 18.2 Å². The van der Waals surface area contributed by atoms with Gasteiger partial charge in [0.2, 0.25) is 5.65 Å². The Labute approximate surface area is 174 Å². The van der Waals surface area contributed by atoms with Gasteiger partial charge in [-0.1, -0.05) is 30.3 Å². The lowest BCUT2D eigenvalue weighted by Crippen LogP contribution is -2.28. The van der Waals surface area contributed by atoms with Gasteiger partial charge in [0, 0.05) is 11.1 Å². The van der Waals surface area contributed by atoms with Crippen molar-refractivity contribution >= 4 is 11.6 Å². The number of benzene rings is 1. The average molecular weight is 415 g/mol. The zero-order valence-electron chi connectivity index (χ0n) is 16.1. The van der Waals surface area contributed by atoms with E-state index in [4.69, 9.17) is 5.73 Å². The third kappa shape index (κ3) is 3.29. The van der Waals surface area contributed by atoms with Crippen molar-refractivity contribution in [3.8, 4) is 22.4 Å². The summed E-state index contributed by atoms with van der Waals surface area (Å²) in [5.41, 5.74) is 9.55. The second kappa shape index (κ2) is 7.41. The van der Waals surface area contributed by atoms with Crippen molar-refractivity contribution in [1.82, 2.24) is 29.4 Å². The molecule has 0 aliphatic carbocycles. The summed E-state index contributed by atoms with van der Waals surface area (Å²) in [4.78, 5) is 20.2. The van der Waals surface area contributed by atoms with E-state index in [1.807, 2.05) is 30.3 Å². The maximum Gasteiger partial charge on any atom is 0.411 e. The first-order valence-electron chi connectivity index (χ1n) is 9.39. The second-order valence-electron chi connectivity index (χ2n) is 6.82. The molecule has 1 aromatic carbocycles. The van der Waals surface area contributed by atoms with Gasteiger partial charge in [0.05, 0.1) is 36.4 Å². The summed E-state index contributed by atoms with van der Waals surface area (Å²) >= 11 is 0. The number of hydrogen-bond donors (Lipinski definition) is 1. The topological polar surface area (TPSA) is 118 Å². The van der Waals surface area contributed by atoms with Crippen molar-refractivity contribution in [3.63, 3.8) is 0 Å². The first-order valence-corrected chi connectivity index (χ1v) is 9.39. The average Bonchev–Trinajstić information content (AvgIpc) is 3.12.